The first-order chi connectivity index (χ1) is 8.99. The molecule has 1 nitrogen and oxygen atoms in total. The third-order valence-electron chi connectivity index (χ3n) is 2.75. The number of hydrogen-bond donors (Lipinski definition) is 1. The lowest BCUT2D eigenvalue weighted by atomic mass is 10.1. The molecule has 5 heteroatoms. The van der Waals surface area contributed by atoms with Crippen molar-refractivity contribution >= 4 is 33.2 Å². The van der Waals surface area contributed by atoms with Crippen molar-refractivity contribution < 1.29 is 8.78 Å². The molecule has 1 unspecified atom stereocenters. The van der Waals surface area contributed by atoms with E-state index >= 15 is 0 Å². The highest BCUT2D eigenvalue weighted by atomic mass is 79.9. The fraction of sp³-hybridized carbons (Fsp3) is 0.143. The van der Waals surface area contributed by atoms with Crippen LogP contribution in [0, 0.1) is 11.6 Å². The van der Waals surface area contributed by atoms with Crippen LogP contribution in [0.1, 0.15) is 18.5 Å². The predicted molar refractivity (Wildman–Crippen MR) is 77.5 cm³/mol. The number of hydrogen-bond acceptors (Lipinski definition) is 1. The molecule has 0 amide bonds. The highest BCUT2D eigenvalue weighted by molar-refractivity contribution is 9.10. The van der Waals surface area contributed by atoms with Gasteiger partial charge in [-0.15, -0.1) is 0 Å². The average molecular weight is 347 g/mol. The second-order valence-electron chi connectivity index (χ2n) is 4.14. The van der Waals surface area contributed by atoms with Crippen LogP contribution < -0.4 is 5.32 Å². The quantitative estimate of drug-likeness (QED) is 0.768. The molecule has 0 heterocycles. The first-order valence-electron chi connectivity index (χ1n) is 5.64. The Morgan fingerprint density at radius 2 is 1.95 bits per heavy atom. The van der Waals surface area contributed by atoms with Crippen molar-refractivity contribution in [2.24, 2.45) is 0 Å². The summed E-state index contributed by atoms with van der Waals surface area (Å²) >= 11 is 9.21. The summed E-state index contributed by atoms with van der Waals surface area (Å²) in [5.41, 5.74) is 1.05. The molecule has 2 rings (SSSR count). The van der Waals surface area contributed by atoms with Crippen LogP contribution in [-0.2, 0) is 0 Å². The Labute approximate surface area is 123 Å². The second-order valence-corrected chi connectivity index (χ2v) is 5.40. The van der Waals surface area contributed by atoms with E-state index in [2.05, 4.69) is 21.2 Å². The molecule has 1 atom stereocenters. The third kappa shape index (κ3) is 3.25. The van der Waals surface area contributed by atoms with Crippen molar-refractivity contribution in [3.8, 4) is 0 Å². The van der Waals surface area contributed by atoms with Gasteiger partial charge in [0, 0.05) is 15.7 Å². The van der Waals surface area contributed by atoms with Gasteiger partial charge in [-0.25, -0.2) is 8.78 Å². The van der Waals surface area contributed by atoms with Gasteiger partial charge in [-0.1, -0.05) is 23.7 Å². The zero-order valence-electron chi connectivity index (χ0n) is 10.1. The smallest absolute Gasteiger partial charge is 0.164 e. The Morgan fingerprint density at radius 3 is 2.63 bits per heavy atom. The molecule has 0 fully saturated rings. The molecule has 0 bridgehead atoms. The lowest BCUT2D eigenvalue weighted by Gasteiger charge is -2.17. The summed E-state index contributed by atoms with van der Waals surface area (Å²) in [6.07, 6.45) is 0. The van der Waals surface area contributed by atoms with Crippen LogP contribution in [0.5, 0.6) is 0 Å². The van der Waals surface area contributed by atoms with Gasteiger partial charge in [-0.3, -0.25) is 0 Å². The van der Waals surface area contributed by atoms with E-state index in [4.69, 9.17) is 11.6 Å². The van der Waals surface area contributed by atoms with Crippen molar-refractivity contribution in [1.29, 1.82) is 0 Å². The maximum atomic E-state index is 13.7. The van der Waals surface area contributed by atoms with Gasteiger partial charge in [-0.2, -0.15) is 0 Å². The molecule has 0 aliphatic rings. The molecule has 0 radical (unpaired) electrons. The summed E-state index contributed by atoms with van der Waals surface area (Å²) in [7, 11) is 0. The minimum absolute atomic E-state index is 0.283. The summed E-state index contributed by atoms with van der Waals surface area (Å²) in [5.74, 6) is -1.67. The lowest BCUT2D eigenvalue weighted by Crippen LogP contribution is -2.09. The van der Waals surface area contributed by atoms with Crippen LogP contribution in [0.25, 0.3) is 0 Å². The topological polar surface area (TPSA) is 12.0 Å². The summed E-state index contributed by atoms with van der Waals surface area (Å²) < 4.78 is 27.6. The van der Waals surface area contributed by atoms with E-state index in [1.54, 1.807) is 31.2 Å². The average Bonchev–Trinajstić information content (AvgIpc) is 2.37. The Bertz CT molecular complexity index is 604. The number of anilines is 1. The van der Waals surface area contributed by atoms with Gasteiger partial charge < -0.3 is 5.32 Å². The summed E-state index contributed by atoms with van der Waals surface area (Å²) in [6, 6.07) is 9.08. The standard InChI is InChI=1S/C14H11BrClF2N/c1-8(10-3-2-4-13(17)14(10)18)19-9-5-6-12(16)11(15)7-9/h2-8,19H,1H3. The number of rotatable bonds is 3. The highest BCUT2D eigenvalue weighted by Gasteiger charge is 2.14. The van der Waals surface area contributed by atoms with Crippen LogP contribution in [0.2, 0.25) is 5.02 Å². The van der Waals surface area contributed by atoms with Crippen LogP contribution >= 0.6 is 27.5 Å². The van der Waals surface area contributed by atoms with E-state index in [1.807, 2.05) is 0 Å². The van der Waals surface area contributed by atoms with E-state index in [9.17, 15) is 8.78 Å². The summed E-state index contributed by atoms with van der Waals surface area (Å²) in [4.78, 5) is 0. The summed E-state index contributed by atoms with van der Waals surface area (Å²) in [6.45, 7) is 1.76. The SMILES string of the molecule is CC(Nc1ccc(Cl)c(Br)c1)c1cccc(F)c1F. The van der Waals surface area contributed by atoms with Crippen molar-refractivity contribution in [2.45, 2.75) is 13.0 Å². The maximum absolute atomic E-state index is 13.7. The fourth-order valence-electron chi connectivity index (χ4n) is 1.77. The highest BCUT2D eigenvalue weighted by Crippen LogP contribution is 2.28. The van der Waals surface area contributed by atoms with Gasteiger partial charge in [0.25, 0.3) is 0 Å². The Balaban J connectivity index is 2.23. The molecular weight excluding hydrogens is 336 g/mol. The van der Waals surface area contributed by atoms with Crippen LogP contribution in [0.15, 0.2) is 40.9 Å². The molecule has 0 saturated carbocycles. The number of halogens is 4. The van der Waals surface area contributed by atoms with Gasteiger partial charge in [0.1, 0.15) is 0 Å². The van der Waals surface area contributed by atoms with Crippen molar-refractivity contribution in [1.82, 2.24) is 0 Å². The van der Waals surface area contributed by atoms with Gasteiger partial charge in [0.2, 0.25) is 0 Å². The van der Waals surface area contributed by atoms with Gasteiger partial charge in [-0.05, 0) is 47.1 Å². The van der Waals surface area contributed by atoms with Crippen LogP contribution in [0.4, 0.5) is 14.5 Å². The van der Waals surface area contributed by atoms with Crippen molar-refractivity contribution in [3.63, 3.8) is 0 Å². The first-order valence-corrected chi connectivity index (χ1v) is 6.81. The van der Waals surface area contributed by atoms with Crippen LogP contribution in [-0.4, -0.2) is 0 Å². The van der Waals surface area contributed by atoms with E-state index in [-0.39, 0.29) is 11.6 Å². The molecular formula is C14H11BrClF2N. The number of nitrogens with one attached hydrogen (secondary N) is 1. The molecule has 0 spiro atoms. The Hall–Kier alpha value is -1.13. The third-order valence-corrected chi connectivity index (χ3v) is 3.96. The minimum atomic E-state index is -0.844. The predicted octanol–water partition coefficient (Wildman–Crippen LogP) is 5.55. The van der Waals surface area contributed by atoms with Crippen molar-refractivity contribution in [2.75, 3.05) is 5.32 Å². The first kappa shape index (κ1) is 14.3. The Morgan fingerprint density at radius 1 is 1.21 bits per heavy atom. The minimum Gasteiger partial charge on any atom is -0.378 e. The molecule has 0 aliphatic carbocycles. The molecule has 1 N–H and O–H groups in total. The molecule has 100 valence electrons. The zero-order chi connectivity index (χ0) is 14.0. The molecule has 0 aliphatic heterocycles. The molecule has 2 aromatic carbocycles. The van der Waals surface area contributed by atoms with E-state index < -0.39 is 11.6 Å². The van der Waals surface area contributed by atoms with Crippen LogP contribution in [0.3, 0.4) is 0 Å². The molecule has 19 heavy (non-hydrogen) atoms. The van der Waals surface area contributed by atoms with E-state index in [0.29, 0.717) is 5.02 Å². The molecule has 0 saturated heterocycles. The van der Waals surface area contributed by atoms with Crippen molar-refractivity contribution in [3.05, 3.63) is 63.1 Å². The van der Waals surface area contributed by atoms with Gasteiger partial charge in [0.15, 0.2) is 11.6 Å². The molecule has 2 aromatic rings. The zero-order valence-corrected chi connectivity index (χ0v) is 12.4. The van der Waals surface area contributed by atoms with Gasteiger partial charge in [0.05, 0.1) is 11.1 Å². The van der Waals surface area contributed by atoms with E-state index in [0.717, 1.165) is 16.2 Å². The second kappa shape index (κ2) is 5.88. The maximum Gasteiger partial charge on any atom is 0.164 e. The van der Waals surface area contributed by atoms with E-state index in [1.165, 1.54) is 6.07 Å². The normalized spacial score (nSPS) is 12.3. The fourth-order valence-corrected chi connectivity index (χ4v) is 2.26. The van der Waals surface area contributed by atoms with Gasteiger partial charge >= 0.3 is 0 Å². The number of benzene rings is 2. The lowest BCUT2D eigenvalue weighted by molar-refractivity contribution is 0.494. The molecule has 0 aromatic heterocycles. The monoisotopic (exact) mass is 345 g/mol. The Kier molecular flexibility index (Phi) is 4.42. The largest absolute Gasteiger partial charge is 0.378 e. The summed E-state index contributed by atoms with van der Waals surface area (Å²) in [5, 5.41) is 3.69.